The molecule has 1 atom stereocenters. The molecule has 1 aliphatic heterocycles. The maximum absolute atomic E-state index is 12.0. The Morgan fingerprint density at radius 3 is 3.00 bits per heavy atom. The van der Waals surface area contributed by atoms with E-state index in [1.807, 2.05) is 6.07 Å². The molecule has 1 aromatic rings. The lowest BCUT2D eigenvalue weighted by Gasteiger charge is -2.23. The van der Waals surface area contributed by atoms with Gasteiger partial charge in [-0.1, -0.05) is 18.6 Å². The number of hydrogen-bond acceptors (Lipinski definition) is 3. The van der Waals surface area contributed by atoms with Crippen LogP contribution in [0.2, 0.25) is 0 Å². The van der Waals surface area contributed by atoms with Gasteiger partial charge in [0.15, 0.2) is 0 Å². The molecule has 1 saturated heterocycles. The summed E-state index contributed by atoms with van der Waals surface area (Å²) in [7, 11) is 0. The van der Waals surface area contributed by atoms with Gasteiger partial charge in [-0.25, -0.2) is 0 Å². The molecule has 2 N–H and O–H groups in total. The molecule has 1 unspecified atom stereocenters. The van der Waals surface area contributed by atoms with Gasteiger partial charge in [0.2, 0.25) is 0 Å². The van der Waals surface area contributed by atoms with E-state index < -0.39 is 0 Å². The standard InChI is InChI=1S/C14H17N3O/c15-9-11-5-1-2-7-13(11)14(18)17-10-12-6-3-4-8-16-12/h1-2,5,7,12,16H,3-4,6,8,10H2,(H,17,18). The zero-order valence-corrected chi connectivity index (χ0v) is 10.3. The number of amides is 1. The van der Waals surface area contributed by atoms with Gasteiger partial charge in [-0.15, -0.1) is 0 Å². The third kappa shape index (κ3) is 3.08. The average Bonchev–Trinajstić information content (AvgIpc) is 2.45. The van der Waals surface area contributed by atoms with Crippen LogP contribution in [0.15, 0.2) is 24.3 Å². The van der Waals surface area contributed by atoms with Crippen LogP contribution < -0.4 is 10.6 Å². The summed E-state index contributed by atoms with van der Waals surface area (Å²) in [6.07, 6.45) is 3.52. The Morgan fingerprint density at radius 2 is 2.28 bits per heavy atom. The fraction of sp³-hybridized carbons (Fsp3) is 0.429. The highest BCUT2D eigenvalue weighted by Crippen LogP contribution is 2.08. The van der Waals surface area contributed by atoms with E-state index in [2.05, 4.69) is 10.6 Å². The van der Waals surface area contributed by atoms with Crippen molar-refractivity contribution in [1.29, 1.82) is 5.26 Å². The van der Waals surface area contributed by atoms with Crippen molar-refractivity contribution in [2.24, 2.45) is 0 Å². The molecular weight excluding hydrogens is 226 g/mol. The zero-order chi connectivity index (χ0) is 12.8. The van der Waals surface area contributed by atoms with Gasteiger partial charge in [-0.3, -0.25) is 4.79 Å². The number of hydrogen-bond donors (Lipinski definition) is 2. The Balaban J connectivity index is 1.93. The van der Waals surface area contributed by atoms with Crippen LogP contribution in [0.4, 0.5) is 0 Å². The molecule has 1 amide bonds. The normalized spacial score (nSPS) is 18.9. The second kappa shape index (κ2) is 6.18. The molecule has 1 heterocycles. The number of benzene rings is 1. The second-order valence-electron chi connectivity index (χ2n) is 4.51. The smallest absolute Gasteiger partial charge is 0.252 e. The molecule has 0 radical (unpaired) electrons. The second-order valence-corrected chi connectivity index (χ2v) is 4.51. The summed E-state index contributed by atoms with van der Waals surface area (Å²) >= 11 is 0. The van der Waals surface area contributed by atoms with E-state index in [-0.39, 0.29) is 5.91 Å². The molecule has 4 nitrogen and oxygen atoms in total. The van der Waals surface area contributed by atoms with E-state index >= 15 is 0 Å². The van der Waals surface area contributed by atoms with Crippen molar-refractivity contribution in [3.63, 3.8) is 0 Å². The SMILES string of the molecule is N#Cc1ccccc1C(=O)NCC1CCCCN1. The number of piperidine rings is 1. The summed E-state index contributed by atoms with van der Waals surface area (Å²) in [5, 5.41) is 15.2. The number of carbonyl (C=O) groups is 1. The average molecular weight is 243 g/mol. The van der Waals surface area contributed by atoms with Crippen LogP contribution >= 0.6 is 0 Å². The van der Waals surface area contributed by atoms with Gasteiger partial charge in [-0.2, -0.15) is 5.26 Å². The van der Waals surface area contributed by atoms with Gasteiger partial charge in [0.05, 0.1) is 17.2 Å². The van der Waals surface area contributed by atoms with Gasteiger partial charge in [0.25, 0.3) is 5.91 Å². The third-order valence-corrected chi connectivity index (χ3v) is 3.21. The first kappa shape index (κ1) is 12.6. The summed E-state index contributed by atoms with van der Waals surface area (Å²) in [6, 6.07) is 9.27. The van der Waals surface area contributed by atoms with E-state index in [9.17, 15) is 4.79 Å². The molecular formula is C14H17N3O. The van der Waals surface area contributed by atoms with E-state index in [0.717, 1.165) is 13.0 Å². The number of nitrogens with zero attached hydrogens (tertiary/aromatic N) is 1. The molecule has 0 spiro atoms. The Bertz CT molecular complexity index is 458. The summed E-state index contributed by atoms with van der Waals surface area (Å²) in [6.45, 7) is 1.65. The summed E-state index contributed by atoms with van der Waals surface area (Å²) < 4.78 is 0. The Morgan fingerprint density at radius 1 is 1.44 bits per heavy atom. The predicted octanol–water partition coefficient (Wildman–Crippen LogP) is 1.43. The lowest BCUT2D eigenvalue weighted by Crippen LogP contribution is -2.43. The molecule has 1 aliphatic rings. The van der Waals surface area contributed by atoms with Crippen LogP contribution in [0, 0.1) is 11.3 Å². The zero-order valence-electron chi connectivity index (χ0n) is 10.3. The van der Waals surface area contributed by atoms with Crippen LogP contribution in [-0.4, -0.2) is 25.0 Å². The quantitative estimate of drug-likeness (QED) is 0.844. The lowest BCUT2D eigenvalue weighted by atomic mass is 10.0. The van der Waals surface area contributed by atoms with Gasteiger partial charge >= 0.3 is 0 Å². The van der Waals surface area contributed by atoms with E-state index in [1.165, 1.54) is 12.8 Å². The number of rotatable bonds is 3. The lowest BCUT2D eigenvalue weighted by molar-refractivity contribution is 0.0947. The van der Waals surface area contributed by atoms with Crippen molar-refractivity contribution in [3.8, 4) is 6.07 Å². The summed E-state index contributed by atoms with van der Waals surface area (Å²) in [4.78, 5) is 12.0. The van der Waals surface area contributed by atoms with Crippen LogP contribution in [-0.2, 0) is 0 Å². The maximum atomic E-state index is 12.0. The minimum absolute atomic E-state index is 0.167. The van der Waals surface area contributed by atoms with Crippen molar-refractivity contribution in [3.05, 3.63) is 35.4 Å². The van der Waals surface area contributed by atoms with Crippen LogP contribution in [0.25, 0.3) is 0 Å². The van der Waals surface area contributed by atoms with Gasteiger partial charge < -0.3 is 10.6 Å². The predicted molar refractivity (Wildman–Crippen MR) is 69.1 cm³/mol. The van der Waals surface area contributed by atoms with Gasteiger partial charge in [0.1, 0.15) is 0 Å². The third-order valence-electron chi connectivity index (χ3n) is 3.21. The van der Waals surface area contributed by atoms with Crippen LogP contribution in [0.1, 0.15) is 35.2 Å². The molecule has 0 aliphatic carbocycles. The Kier molecular flexibility index (Phi) is 4.32. The first-order valence-electron chi connectivity index (χ1n) is 6.32. The molecule has 0 bridgehead atoms. The highest BCUT2D eigenvalue weighted by Gasteiger charge is 2.15. The van der Waals surface area contributed by atoms with Crippen molar-refractivity contribution in [1.82, 2.24) is 10.6 Å². The van der Waals surface area contributed by atoms with Gasteiger partial charge in [0, 0.05) is 12.6 Å². The van der Waals surface area contributed by atoms with E-state index in [1.54, 1.807) is 24.3 Å². The minimum Gasteiger partial charge on any atom is -0.350 e. The maximum Gasteiger partial charge on any atom is 0.252 e. The molecule has 4 heteroatoms. The van der Waals surface area contributed by atoms with Crippen molar-refractivity contribution < 1.29 is 4.79 Å². The number of nitriles is 1. The largest absolute Gasteiger partial charge is 0.350 e. The number of carbonyl (C=O) groups excluding carboxylic acids is 1. The highest BCUT2D eigenvalue weighted by molar-refractivity contribution is 5.96. The topological polar surface area (TPSA) is 64.9 Å². The van der Waals surface area contributed by atoms with Crippen molar-refractivity contribution in [2.45, 2.75) is 25.3 Å². The molecule has 2 rings (SSSR count). The first-order valence-corrected chi connectivity index (χ1v) is 6.32. The summed E-state index contributed by atoms with van der Waals surface area (Å²) in [5.74, 6) is -0.167. The number of nitrogens with one attached hydrogen (secondary N) is 2. The molecule has 94 valence electrons. The Hall–Kier alpha value is -1.86. The molecule has 1 fully saturated rings. The fourth-order valence-corrected chi connectivity index (χ4v) is 2.19. The van der Waals surface area contributed by atoms with Crippen LogP contribution in [0.3, 0.4) is 0 Å². The van der Waals surface area contributed by atoms with E-state index in [0.29, 0.717) is 23.7 Å². The summed E-state index contributed by atoms with van der Waals surface area (Å²) in [5.41, 5.74) is 0.877. The van der Waals surface area contributed by atoms with Crippen LogP contribution in [0.5, 0.6) is 0 Å². The fourth-order valence-electron chi connectivity index (χ4n) is 2.19. The molecule has 18 heavy (non-hydrogen) atoms. The van der Waals surface area contributed by atoms with Crippen molar-refractivity contribution in [2.75, 3.05) is 13.1 Å². The molecule has 0 aromatic heterocycles. The van der Waals surface area contributed by atoms with Gasteiger partial charge in [-0.05, 0) is 31.5 Å². The van der Waals surface area contributed by atoms with Crippen molar-refractivity contribution >= 4 is 5.91 Å². The Labute approximate surface area is 107 Å². The minimum atomic E-state index is -0.167. The molecule has 0 saturated carbocycles. The monoisotopic (exact) mass is 243 g/mol. The van der Waals surface area contributed by atoms with E-state index in [4.69, 9.17) is 5.26 Å². The highest BCUT2D eigenvalue weighted by atomic mass is 16.1. The first-order chi connectivity index (χ1) is 8.81. The molecule has 1 aromatic carbocycles.